The fraction of sp³-hybridized carbons (Fsp3) is 0.0909. The monoisotopic (exact) mass is 310 g/mol. The third-order valence-electron chi connectivity index (χ3n) is 2.50. The van der Waals surface area contributed by atoms with Gasteiger partial charge in [-0.25, -0.2) is 4.68 Å². The molecule has 15 heavy (non-hydrogen) atoms. The summed E-state index contributed by atoms with van der Waals surface area (Å²) in [6.07, 6.45) is 2.07. The van der Waals surface area contributed by atoms with E-state index in [0.717, 1.165) is 10.9 Å². The highest BCUT2D eigenvalue weighted by Gasteiger charge is 2.17. The molecule has 2 heterocycles. The maximum absolute atomic E-state index is 11.6. The number of hydrogen-bond donors (Lipinski definition) is 0. The van der Waals surface area contributed by atoms with Crippen molar-refractivity contribution in [3.05, 3.63) is 33.5 Å². The van der Waals surface area contributed by atoms with E-state index in [2.05, 4.69) is 33.8 Å². The third kappa shape index (κ3) is 1.31. The van der Waals surface area contributed by atoms with E-state index in [9.17, 15) is 4.79 Å². The van der Waals surface area contributed by atoms with Gasteiger partial charge in [0.1, 0.15) is 5.69 Å². The van der Waals surface area contributed by atoms with Crippen molar-refractivity contribution in [3.63, 3.8) is 0 Å². The van der Waals surface area contributed by atoms with Gasteiger partial charge < -0.3 is 0 Å². The van der Waals surface area contributed by atoms with Gasteiger partial charge in [0.05, 0.1) is 5.52 Å². The van der Waals surface area contributed by atoms with Gasteiger partial charge in [-0.2, -0.15) is 5.10 Å². The fourth-order valence-corrected chi connectivity index (χ4v) is 2.32. The largest absolute Gasteiger partial charge is 0.292 e. The molecule has 0 atom stereocenters. The highest BCUT2D eigenvalue weighted by Crippen LogP contribution is 2.24. The summed E-state index contributed by atoms with van der Waals surface area (Å²) in [6.45, 7) is 0. The molecule has 0 N–H and O–H groups in total. The topological polar surface area (TPSA) is 34.4 Å². The zero-order chi connectivity index (χ0) is 10.4. The Morgan fingerprint density at radius 3 is 3.07 bits per heavy atom. The first kappa shape index (κ1) is 9.08. The summed E-state index contributed by atoms with van der Waals surface area (Å²) in [7, 11) is 0. The first-order valence-corrected chi connectivity index (χ1v) is 5.70. The summed E-state index contributed by atoms with van der Waals surface area (Å²) in [5.41, 5.74) is 1.68. The number of nitrogens with zero attached hydrogens (tertiary/aromatic N) is 2. The van der Waals surface area contributed by atoms with Gasteiger partial charge in [0.2, 0.25) is 0 Å². The molecule has 0 fully saturated rings. The third-order valence-corrected chi connectivity index (χ3v) is 3.17. The van der Waals surface area contributed by atoms with E-state index in [1.54, 1.807) is 10.9 Å². The summed E-state index contributed by atoms with van der Waals surface area (Å²) in [5, 5.41) is 5.30. The molecule has 1 aliphatic heterocycles. The molecule has 1 aliphatic rings. The summed E-state index contributed by atoms with van der Waals surface area (Å²) >= 11 is 2.26. The summed E-state index contributed by atoms with van der Waals surface area (Å²) < 4.78 is 2.89. The molecule has 0 radical (unpaired) electrons. The van der Waals surface area contributed by atoms with Crippen LogP contribution in [0.1, 0.15) is 16.9 Å². The minimum absolute atomic E-state index is 0.135. The molecule has 1 aromatic heterocycles. The molecule has 3 nitrogen and oxygen atoms in total. The molecule has 0 amide bonds. The average molecular weight is 310 g/mol. The van der Waals surface area contributed by atoms with Gasteiger partial charge >= 0.3 is 0 Å². The first-order valence-electron chi connectivity index (χ1n) is 4.63. The van der Waals surface area contributed by atoms with Crippen LogP contribution in [0.2, 0.25) is 0 Å². The number of hydrogen-bond acceptors (Lipinski definition) is 2. The number of ketones is 1. The van der Waals surface area contributed by atoms with Gasteiger partial charge in [0.15, 0.2) is 5.78 Å². The van der Waals surface area contributed by atoms with Crippen LogP contribution >= 0.6 is 22.6 Å². The van der Waals surface area contributed by atoms with Crippen molar-refractivity contribution in [1.29, 1.82) is 0 Å². The molecule has 3 rings (SSSR count). The summed E-state index contributed by atoms with van der Waals surface area (Å²) in [6, 6.07) is 7.99. The Morgan fingerprint density at radius 2 is 2.20 bits per heavy atom. The highest BCUT2D eigenvalue weighted by molar-refractivity contribution is 14.1. The Labute approximate surface area is 99.9 Å². The van der Waals surface area contributed by atoms with E-state index in [1.807, 2.05) is 18.2 Å². The number of rotatable bonds is 0. The van der Waals surface area contributed by atoms with Crippen molar-refractivity contribution in [1.82, 2.24) is 4.68 Å². The molecule has 0 bridgehead atoms. The zero-order valence-corrected chi connectivity index (χ0v) is 9.93. The predicted molar refractivity (Wildman–Crippen MR) is 67.5 cm³/mol. The number of aromatic nitrogens is 1. The molecule has 2 aromatic rings. The lowest BCUT2D eigenvalue weighted by Gasteiger charge is -2.06. The predicted octanol–water partition coefficient (Wildman–Crippen LogP) is 2.67. The Bertz CT molecular complexity index is 598. The van der Waals surface area contributed by atoms with Crippen molar-refractivity contribution in [2.45, 2.75) is 6.42 Å². The van der Waals surface area contributed by atoms with Crippen LogP contribution in [0, 0.1) is 3.57 Å². The molecule has 1 aromatic carbocycles. The van der Waals surface area contributed by atoms with Gasteiger partial charge in [-0.3, -0.25) is 4.79 Å². The van der Waals surface area contributed by atoms with Gasteiger partial charge in [-0.1, -0.05) is 0 Å². The molecule has 74 valence electrons. The molecule has 0 aliphatic carbocycles. The van der Waals surface area contributed by atoms with Gasteiger partial charge in [0.25, 0.3) is 0 Å². The van der Waals surface area contributed by atoms with Crippen LogP contribution in [0.5, 0.6) is 0 Å². The maximum atomic E-state index is 11.6. The molecule has 0 saturated carbocycles. The minimum Gasteiger partial charge on any atom is -0.292 e. The van der Waals surface area contributed by atoms with E-state index in [0.29, 0.717) is 12.1 Å². The Hall–Kier alpha value is -1.17. The van der Waals surface area contributed by atoms with Crippen LogP contribution in [0.15, 0.2) is 29.4 Å². The Kier molecular flexibility index (Phi) is 1.92. The number of benzene rings is 1. The number of carbonyl (C=O) groups excluding carboxylic acids is 1. The maximum Gasteiger partial charge on any atom is 0.186 e. The number of halogens is 1. The summed E-state index contributed by atoms with van der Waals surface area (Å²) in [4.78, 5) is 11.6. The second kappa shape index (κ2) is 3.16. The van der Waals surface area contributed by atoms with Gasteiger partial charge in [-0.05, 0) is 46.9 Å². The van der Waals surface area contributed by atoms with Gasteiger partial charge in [-0.15, -0.1) is 0 Å². The molecule has 0 spiro atoms. The molecule has 0 saturated heterocycles. The van der Waals surface area contributed by atoms with Crippen molar-refractivity contribution in [2.24, 2.45) is 5.10 Å². The quantitative estimate of drug-likeness (QED) is 0.689. The van der Waals surface area contributed by atoms with E-state index in [4.69, 9.17) is 0 Å². The lowest BCUT2D eigenvalue weighted by Crippen LogP contribution is -2.11. The Morgan fingerprint density at radius 1 is 1.33 bits per heavy atom. The second-order valence-electron chi connectivity index (χ2n) is 3.47. The van der Waals surface area contributed by atoms with Crippen LogP contribution < -0.4 is 0 Å². The highest BCUT2D eigenvalue weighted by atomic mass is 127. The second-order valence-corrected chi connectivity index (χ2v) is 4.72. The van der Waals surface area contributed by atoms with E-state index in [-0.39, 0.29) is 5.78 Å². The standard InChI is InChI=1S/C11H7IN2O/c12-8-1-2-9-7(5-8)6-10-11(15)3-4-13-14(9)10/h1-2,4-6H,3H2. The van der Waals surface area contributed by atoms with E-state index in [1.165, 1.54) is 3.57 Å². The zero-order valence-electron chi connectivity index (χ0n) is 7.77. The smallest absolute Gasteiger partial charge is 0.186 e. The van der Waals surface area contributed by atoms with Crippen LogP contribution in [-0.4, -0.2) is 16.7 Å². The van der Waals surface area contributed by atoms with Crippen molar-refractivity contribution >= 4 is 45.5 Å². The first-order chi connectivity index (χ1) is 7.25. The van der Waals surface area contributed by atoms with Crippen LogP contribution in [0.4, 0.5) is 0 Å². The summed E-state index contributed by atoms with van der Waals surface area (Å²) in [5.74, 6) is 0.135. The van der Waals surface area contributed by atoms with Crippen molar-refractivity contribution in [2.75, 3.05) is 0 Å². The van der Waals surface area contributed by atoms with E-state index < -0.39 is 0 Å². The number of fused-ring (bicyclic) bond motifs is 3. The lowest BCUT2D eigenvalue weighted by molar-refractivity contribution is 0.0990. The SMILES string of the molecule is O=C1CC=Nn2c1cc1cc(I)ccc12. The lowest BCUT2D eigenvalue weighted by atomic mass is 10.2. The molecule has 0 unspecified atom stereocenters. The van der Waals surface area contributed by atoms with Crippen molar-refractivity contribution in [3.8, 4) is 0 Å². The molecule has 4 heteroatoms. The van der Waals surface area contributed by atoms with Crippen molar-refractivity contribution < 1.29 is 4.79 Å². The normalized spacial score (nSPS) is 14.6. The number of Topliss-reactive ketones (excluding diaryl/α,β-unsaturated/α-hetero) is 1. The number of carbonyl (C=O) groups is 1. The Balaban J connectivity index is 2.41. The molecular weight excluding hydrogens is 303 g/mol. The minimum atomic E-state index is 0.135. The van der Waals surface area contributed by atoms with Crippen LogP contribution in [0.3, 0.4) is 0 Å². The van der Waals surface area contributed by atoms with Crippen LogP contribution in [0.25, 0.3) is 10.9 Å². The fourth-order valence-electron chi connectivity index (χ4n) is 1.81. The van der Waals surface area contributed by atoms with E-state index >= 15 is 0 Å². The van der Waals surface area contributed by atoms with Gasteiger partial charge in [0, 0.05) is 21.6 Å². The average Bonchev–Trinajstić information content (AvgIpc) is 2.57. The molecular formula is C11H7IN2O. The van der Waals surface area contributed by atoms with Crippen LogP contribution in [-0.2, 0) is 0 Å².